The fourth-order valence-electron chi connectivity index (χ4n) is 3.02. The highest BCUT2D eigenvalue weighted by atomic mass is 19.1. The van der Waals surface area contributed by atoms with Gasteiger partial charge in [0.25, 0.3) is 0 Å². The van der Waals surface area contributed by atoms with Gasteiger partial charge in [0, 0.05) is 17.7 Å². The van der Waals surface area contributed by atoms with Gasteiger partial charge < -0.3 is 5.32 Å². The molecule has 0 saturated carbocycles. The summed E-state index contributed by atoms with van der Waals surface area (Å²) in [4.78, 5) is 12.8. The summed E-state index contributed by atoms with van der Waals surface area (Å²) in [6, 6.07) is 20.0. The van der Waals surface area contributed by atoms with Crippen LogP contribution in [0, 0.1) is 26.6 Å². The molecule has 0 radical (unpaired) electrons. The minimum atomic E-state index is -0.338. The molecule has 0 aliphatic rings. The zero-order valence-electron chi connectivity index (χ0n) is 15.9. The van der Waals surface area contributed by atoms with E-state index in [-0.39, 0.29) is 17.6 Å². The van der Waals surface area contributed by atoms with E-state index in [1.54, 1.807) is 12.1 Å². The topological polar surface area (TPSA) is 29.1 Å². The third kappa shape index (κ3) is 4.82. The summed E-state index contributed by atoms with van der Waals surface area (Å²) in [5, 5.41) is 3.50. The third-order valence-corrected chi connectivity index (χ3v) is 4.88. The molecule has 2 nitrogen and oxygen atoms in total. The average molecular weight is 361 g/mol. The molecule has 0 aliphatic heterocycles. The van der Waals surface area contributed by atoms with Gasteiger partial charge in [0.15, 0.2) is 5.78 Å². The second-order valence-electron chi connectivity index (χ2n) is 7.04. The van der Waals surface area contributed by atoms with E-state index < -0.39 is 0 Å². The van der Waals surface area contributed by atoms with Crippen molar-refractivity contribution in [1.29, 1.82) is 0 Å². The first-order valence-electron chi connectivity index (χ1n) is 9.11. The first kappa shape index (κ1) is 18.8. The summed E-state index contributed by atoms with van der Waals surface area (Å²) in [5.74, 6) is -0.355. The molecule has 1 unspecified atom stereocenters. The van der Waals surface area contributed by atoms with Crippen LogP contribution in [-0.2, 0) is 0 Å². The van der Waals surface area contributed by atoms with Crippen LogP contribution in [0.15, 0.2) is 66.7 Å². The number of hydrogen-bond donors (Lipinski definition) is 1. The molecule has 0 aliphatic carbocycles. The highest BCUT2D eigenvalue weighted by Crippen LogP contribution is 2.26. The zero-order valence-corrected chi connectivity index (χ0v) is 15.9. The summed E-state index contributed by atoms with van der Waals surface area (Å²) in [6.45, 7) is 6.19. The van der Waals surface area contributed by atoms with Crippen LogP contribution in [0.5, 0.6) is 0 Å². The van der Waals surface area contributed by atoms with E-state index in [1.165, 1.54) is 28.8 Å². The maximum atomic E-state index is 13.1. The van der Waals surface area contributed by atoms with Crippen molar-refractivity contribution >= 4 is 11.5 Å². The highest BCUT2D eigenvalue weighted by molar-refractivity contribution is 5.96. The van der Waals surface area contributed by atoms with Gasteiger partial charge in [0.1, 0.15) is 5.82 Å². The Hall–Kier alpha value is -2.94. The molecule has 0 bridgehead atoms. The molecule has 0 heterocycles. The van der Waals surface area contributed by atoms with Crippen LogP contribution >= 0.6 is 0 Å². The maximum Gasteiger partial charge on any atom is 0.165 e. The fraction of sp³-hybridized carbons (Fsp3) is 0.208. The minimum Gasteiger partial charge on any atom is -0.378 e. The number of hydrogen-bond acceptors (Lipinski definition) is 2. The molecule has 3 aromatic rings. The van der Waals surface area contributed by atoms with Gasteiger partial charge in [-0.25, -0.2) is 4.39 Å². The lowest BCUT2D eigenvalue weighted by Crippen LogP contribution is -2.16. The summed E-state index contributed by atoms with van der Waals surface area (Å²) >= 11 is 0. The summed E-state index contributed by atoms with van der Waals surface area (Å²) in [7, 11) is 0. The van der Waals surface area contributed by atoms with Crippen molar-refractivity contribution < 1.29 is 9.18 Å². The molecule has 0 saturated heterocycles. The molecule has 0 aromatic heterocycles. The van der Waals surface area contributed by atoms with E-state index in [0.29, 0.717) is 12.0 Å². The number of carbonyl (C=O) groups is 1. The Morgan fingerprint density at radius 2 is 1.56 bits per heavy atom. The Kier molecular flexibility index (Phi) is 5.70. The van der Waals surface area contributed by atoms with Crippen LogP contribution in [0.1, 0.15) is 45.1 Å². The molecule has 1 N–H and O–H groups in total. The van der Waals surface area contributed by atoms with Gasteiger partial charge in [-0.15, -0.1) is 0 Å². The van der Waals surface area contributed by atoms with E-state index in [2.05, 4.69) is 31.3 Å². The number of aryl methyl sites for hydroxylation is 3. The molecule has 3 aromatic carbocycles. The molecule has 0 spiro atoms. The van der Waals surface area contributed by atoms with Crippen molar-refractivity contribution in [3.8, 4) is 0 Å². The van der Waals surface area contributed by atoms with Crippen molar-refractivity contribution in [2.45, 2.75) is 33.2 Å². The van der Waals surface area contributed by atoms with Gasteiger partial charge in [-0.2, -0.15) is 0 Å². The minimum absolute atomic E-state index is 0.0168. The molecule has 3 rings (SSSR count). The van der Waals surface area contributed by atoms with Gasteiger partial charge >= 0.3 is 0 Å². The number of anilines is 1. The van der Waals surface area contributed by atoms with Crippen molar-refractivity contribution in [3.63, 3.8) is 0 Å². The molecule has 0 fully saturated rings. The Labute approximate surface area is 160 Å². The largest absolute Gasteiger partial charge is 0.378 e. The monoisotopic (exact) mass is 361 g/mol. The second kappa shape index (κ2) is 8.17. The van der Waals surface area contributed by atoms with Crippen LogP contribution in [-0.4, -0.2) is 5.78 Å². The van der Waals surface area contributed by atoms with Crippen molar-refractivity contribution in [2.24, 2.45) is 0 Å². The average Bonchev–Trinajstić information content (AvgIpc) is 2.65. The number of nitrogens with one attached hydrogen (secondary N) is 1. The van der Waals surface area contributed by atoms with E-state index in [4.69, 9.17) is 0 Å². The number of halogens is 1. The molecule has 138 valence electrons. The Balaban J connectivity index is 1.86. The van der Waals surface area contributed by atoms with Crippen molar-refractivity contribution in [2.75, 3.05) is 5.32 Å². The molecule has 27 heavy (non-hydrogen) atoms. The summed E-state index contributed by atoms with van der Waals surface area (Å²) < 4.78 is 13.1. The highest BCUT2D eigenvalue weighted by Gasteiger charge is 2.18. The molecular weight excluding hydrogens is 337 g/mol. The maximum absolute atomic E-state index is 13.1. The van der Waals surface area contributed by atoms with Gasteiger partial charge in [0.2, 0.25) is 0 Å². The lowest BCUT2D eigenvalue weighted by Gasteiger charge is -2.21. The van der Waals surface area contributed by atoms with Gasteiger partial charge in [0.05, 0.1) is 6.04 Å². The second-order valence-corrected chi connectivity index (χ2v) is 7.04. The normalized spacial score (nSPS) is 11.9. The van der Waals surface area contributed by atoms with E-state index in [0.717, 1.165) is 11.3 Å². The number of carbonyl (C=O) groups excluding carboxylic acids is 1. The standard InChI is InChI=1S/C24H24FNO/c1-16-4-7-19(8-5-16)23(26-22-13-6-17(2)18(3)14-22)15-24(27)20-9-11-21(25)12-10-20/h4-14,23,26H,15H2,1-3H3. The number of Topliss-reactive ketones (excluding diaryl/α,β-unsaturated/α-hetero) is 1. The van der Waals surface area contributed by atoms with Gasteiger partial charge in [-0.1, -0.05) is 35.9 Å². The predicted octanol–water partition coefficient (Wildman–Crippen LogP) is 6.18. The van der Waals surface area contributed by atoms with Crippen molar-refractivity contribution in [1.82, 2.24) is 0 Å². The number of benzene rings is 3. The molecular formula is C24H24FNO. The van der Waals surface area contributed by atoms with E-state index >= 15 is 0 Å². The Morgan fingerprint density at radius 3 is 2.19 bits per heavy atom. The summed E-state index contributed by atoms with van der Waals surface area (Å²) in [6.07, 6.45) is 0.293. The van der Waals surface area contributed by atoms with Crippen LogP contribution in [0.25, 0.3) is 0 Å². The third-order valence-electron chi connectivity index (χ3n) is 4.88. The van der Waals surface area contributed by atoms with Crippen LogP contribution in [0.4, 0.5) is 10.1 Å². The quantitative estimate of drug-likeness (QED) is 0.531. The lowest BCUT2D eigenvalue weighted by atomic mass is 9.96. The van der Waals surface area contributed by atoms with Gasteiger partial charge in [-0.3, -0.25) is 4.79 Å². The number of rotatable bonds is 6. The summed E-state index contributed by atoms with van der Waals surface area (Å²) in [5.41, 5.74) is 6.16. The predicted molar refractivity (Wildman–Crippen MR) is 109 cm³/mol. The first-order chi connectivity index (χ1) is 12.9. The number of ketones is 1. The van der Waals surface area contributed by atoms with Crippen molar-refractivity contribution in [3.05, 3.63) is 100 Å². The van der Waals surface area contributed by atoms with E-state index in [9.17, 15) is 9.18 Å². The Morgan fingerprint density at radius 1 is 0.889 bits per heavy atom. The first-order valence-corrected chi connectivity index (χ1v) is 9.11. The lowest BCUT2D eigenvalue weighted by molar-refractivity contribution is 0.0976. The fourth-order valence-corrected chi connectivity index (χ4v) is 3.02. The van der Waals surface area contributed by atoms with Crippen LogP contribution < -0.4 is 5.32 Å². The van der Waals surface area contributed by atoms with E-state index in [1.807, 2.05) is 37.3 Å². The molecule has 1 atom stereocenters. The van der Waals surface area contributed by atoms with Gasteiger partial charge in [-0.05, 0) is 73.9 Å². The Bertz CT molecular complexity index is 930. The smallest absolute Gasteiger partial charge is 0.165 e. The van der Waals surface area contributed by atoms with Crippen LogP contribution in [0.3, 0.4) is 0 Å². The van der Waals surface area contributed by atoms with Crippen LogP contribution in [0.2, 0.25) is 0 Å². The molecule has 3 heteroatoms. The molecule has 0 amide bonds. The SMILES string of the molecule is Cc1ccc(C(CC(=O)c2ccc(F)cc2)Nc2ccc(C)c(C)c2)cc1. The zero-order chi connectivity index (χ0) is 19.4.